The third kappa shape index (κ3) is 3.20. The Labute approximate surface area is 139 Å². The molecule has 2 heterocycles. The molecule has 10 heteroatoms. The number of aromatic amines is 2. The van der Waals surface area contributed by atoms with Crippen molar-refractivity contribution in [2.75, 3.05) is 7.11 Å². The number of hydrogen-bond acceptors (Lipinski definition) is 6. The van der Waals surface area contributed by atoms with Gasteiger partial charge in [0.05, 0.1) is 12.0 Å². The van der Waals surface area contributed by atoms with Crippen LogP contribution in [0.5, 0.6) is 5.75 Å². The molecule has 0 fully saturated rings. The molecule has 0 bridgehead atoms. The van der Waals surface area contributed by atoms with E-state index >= 15 is 0 Å². The van der Waals surface area contributed by atoms with Crippen LogP contribution in [-0.2, 0) is 5.75 Å². The highest BCUT2D eigenvalue weighted by Gasteiger charge is 2.17. The molecule has 2 aromatic heterocycles. The summed E-state index contributed by atoms with van der Waals surface area (Å²) in [6.45, 7) is 0. The van der Waals surface area contributed by atoms with E-state index in [1.807, 2.05) is 0 Å². The van der Waals surface area contributed by atoms with E-state index in [2.05, 4.69) is 19.9 Å². The van der Waals surface area contributed by atoms with Gasteiger partial charge in [0.2, 0.25) is 5.52 Å². The molecule has 0 unspecified atom stereocenters. The highest BCUT2D eigenvalue weighted by atomic mass is 35.5. The Balaban J connectivity index is 1.81. The van der Waals surface area contributed by atoms with Crippen LogP contribution in [0.25, 0.3) is 11.2 Å². The van der Waals surface area contributed by atoms with Crippen LogP contribution >= 0.6 is 23.4 Å². The normalized spacial score (nSPS) is 10.9. The lowest BCUT2D eigenvalue weighted by Crippen LogP contribution is -2.00. The number of halogens is 1. The van der Waals surface area contributed by atoms with E-state index < -0.39 is 4.92 Å². The number of nitrogens with zero attached hydrogens (tertiary/aromatic N) is 3. The number of aromatic nitrogens is 4. The second-order valence-corrected chi connectivity index (χ2v) is 5.81. The van der Waals surface area contributed by atoms with Crippen molar-refractivity contribution in [3.8, 4) is 5.75 Å². The SMILES string of the molecule is COc1ccc(CSc2nc(Cl)c3[nH]c[nH+]c3n2)cc1[N+](=O)[O-]. The lowest BCUT2D eigenvalue weighted by molar-refractivity contribution is -0.385. The molecule has 0 aliphatic carbocycles. The van der Waals surface area contributed by atoms with Gasteiger partial charge in [-0.25, -0.2) is 4.98 Å². The fourth-order valence-corrected chi connectivity index (χ4v) is 3.06. The zero-order valence-electron chi connectivity index (χ0n) is 11.9. The maximum atomic E-state index is 11.0. The lowest BCUT2D eigenvalue weighted by Gasteiger charge is -2.04. The quantitative estimate of drug-likeness (QED) is 0.248. The number of nitro groups is 1. The highest BCUT2D eigenvalue weighted by molar-refractivity contribution is 7.98. The number of fused-ring (bicyclic) bond motifs is 1. The summed E-state index contributed by atoms with van der Waals surface area (Å²) in [6, 6.07) is 4.82. The zero-order chi connectivity index (χ0) is 16.4. The van der Waals surface area contributed by atoms with Crippen LogP contribution < -0.4 is 9.72 Å². The molecule has 0 aliphatic heterocycles. The van der Waals surface area contributed by atoms with Gasteiger partial charge in [0.15, 0.2) is 17.2 Å². The molecular formula is C13H11ClN5O3S+. The second kappa shape index (κ2) is 6.39. The average Bonchev–Trinajstić information content (AvgIpc) is 3.01. The molecule has 0 saturated carbocycles. The van der Waals surface area contributed by atoms with Gasteiger partial charge in [0.25, 0.3) is 5.16 Å². The van der Waals surface area contributed by atoms with E-state index in [1.54, 1.807) is 18.5 Å². The fraction of sp³-hybridized carbons (Fsp3) is 0.154. The number of hydrogen-bond donors (Lipinski definition) is 1. The third-order valence-corrected chi connectivity index (χ3v) is 4.27. The van der Waals surface area contributed by atoms with E-state index in [0.717, 1.165) is 5.56 Å². The number of benzene rings is 1. The largest absolute Gasteiger partial charge is 0.490 e. The maximum Gasteiger partial charge on any atom is 0.311 e. The topological polar surface area (TPSA) is 108 Å². The molecule has 118 valence electrons. The Morgan fingerprint density at radius 2 is 2.30 bits per heavy atom. The van der Waals surface area contributed by atoms with Gasteiger partial charge in [0.1, 0.15) is 0 Å². The first kappa shape index (κ1) is 15.5. The second-order valence-electron chi connectivity index (χ2n) is 4.51. The van der Waals surface area contributed by atoms with Crippen LogP contribution in [0, 0.1) is 10.1 Å². The van der Waals surface area contributed by atoms with Gasteiger partial charge in [-0.1, -0.05) is 34.4 Å². The van der Waals surface area contributed by atoms with Crippen molar-refractivity contribution in [2.45, 2.75) is 10.9 Å². The van der Waals surface area contributed by atoms with Crippen LogP contribution in [-0.4, -0.2) is 27.0 Å². The van der Waals surface area contributed by atoms with Gasteiger partial charge in [-0.3, -0.25) is 15.1 Å². The maximum absolute atomic E-state index is 11.0. The summed E-state index contributed by atoms with van der Waals surface area (Å²) < 4.78 is 4.98. The lowest BCUT2D eigenvalue weighted by atomic mass is 10.2. The Morgan fingerprint density at radius 3 is 3.04 bits per heavy atom. The first-order chi connectivity index (χ1) is 11.1. The number of H-pyrrole nitrogens is 2. The molecule has 0 amide bonds. The van der Waals surface area contributed by atoms with Crippen LogP contribution in [0.1, 0.15) is 5.56 Å². The molecule has 0 radical (unpaired) electrons. The van der Waals surface area contributed by atoms with Gasteiger partial charge in [-0.05, 0) is 11.6 Å². The summed E-state index contributed by atoms with van der Waals surface area (Å²) in [7, 11) is 1.40. The van der Waals surface area contributed by atoms with E-state index in [4.69, 9.17) is 16.3 Å². The molecular weight excluding hydrogens is 342 g/mol. The predicted octanol–water partition coefficient (Wildman–Crippen LogP) is 2.63. The molecule has 0 saturated heterocycles. The minimum absolute atomic E-state index is 0.0704. The molecule has 0 atom stereocenters. The minimum atomic E-state index is -0.471. The molecule has 3 aromatic rings. The van der Waals surface area contributed by atoms with Crippen LogP contribution in [0.15, 0.2) is 29.7 Å². The standard InChI is InChI=1S/C13H10ClN5O3S/c1-22-9-3-2-7(4-8(9)19(20)21)5-23-13-17-11(14)10-12(18-13)16-6-15-10/h2-4,6H,5H2,1H3,(H,15,16,17,18)/p+1. The number of nitrogens with one attached hydrogen (secondary N) is 2. The molecule has 0 aliphatic rings. The Hall–Kier alpha value is -2.39. The molecule has 1 aromatic carbocycles. The van der Waals surface area contributed by atoms with Gasteiger partial charge < -0.3 is 4.74 Å². The zero-order valence-corrected chi connectivity index (χ0v) is 13.4. The molecule has 8 nitrogen and oxygen atoms in total. The molecule has 3 rings (SSSR count). The Morgan fingerprint density at radius 1 is 1.48 bits per heavy atom. The van der Waals surface area contributed by atoms with Crippen molar-refractivity contribution >= 4 is 40.2 Å². The van der Waals surface area contributed by atoms with E-state index in [9.17, 15) is 10.1 Å². The summed E-state index contributed by atoms with van der Waals surface area (Å²) in [5, 5.41) is 11.8. The summed E-state index contributed by atoms with van der Waals surface area (Å²) in [6.07, 6.45) is 1.62. The van der Waals surface area contributed by atoms with Crippen molar-refractivity contribution in [2.24, 2.45) is 0 Å². The van der Waals surface area contributed by atoms with Crippen molar-refractivity contribution in [1.29, 1.82) is 0 Å². The van der Waals surface area contributed by atoms with Crippen molar-refractivity contribution in [3.63, 3.8) is 0 Å². The van der Waals surface area contributed by atoms with Crippen molar-refractivity contribution in [1.82, 2.24) is 15.0 Å². The summed E-state index contributed by atoms with van der Waals surface area (Å²) in [5.74, 6) is 0.697. The number of rotatable bonds is 5. The predicted molar refractivity (Wildman–Crippen MR) is 84.7 cm³/mol. The van der Waals surface area contributed by atoms with Crippen LogP contribution in [0.4, 0.5) is 5.69 Å². The van der Waals surface area contributed by atoms with Gasteiger partial charge in [-0.15, -0.1) is 0 Å². The van der Waals surface area contributed by atoms with Crippen molar-refractivity contribution < 1.29 is 14.6 Å². The Bertz CT molecular complexity index is 885. The van der Waals surface area contributed by atoms with E-state index in [1.165, 1.54) is 24.9 Å². The van der Waals surface area contributed by atoms with Crippen molar-refractivity contribution in [3.05, 3.63) is 45.4 Å². The highest BCUT2D eigenvalue weighted by Crippen LogP contribution is 2.30. The number of methoxy groups -OCH3 is 1. The summed E-state index contributed by atoms with van der Waals surface area (Å²) in [4.78, 5) is 24.9. The average molecular weight is 353 g/mol. The number of thioether (sulfide) groups is 1. The summed E-state index contributed by atoms with van der Waals surface area (Å²) >= 11 is 7.41. The molecule has 23 heavy (non-hydrogen) atoms. The smallest absolute Gasteiger partial charge is 0.311 e. The van der Waals surface area contributed by atoms with Gasteiger partial charge >= 0.3 is 11.3 Å². The van der Waals surface area contributed by atoms with Crippen LogP contribution in [0.2, 0.25) is 5.15 Å². The fourth-order valence-electron chi connectivity index (χ4n) is 2.00. The monoisotopic (exact) mass is 352 g/mol. The van der Waals surface area contributed by atoms with E-state index in [-0.39, 0.29) is 11.4 Å². The molecule has 0 spiro atoms. The number of ether oxygens (including phenoxy) is 1. The number of nitro benzene ring substituents is 1. The van der Waals surface area contributed by atoms with Gasteiger partial charge in [0, 0.05) is 11.8 Å². The Kier molecular flexibility index (Phi) is 4.30. The first-order valence-electron chi connectivity index (χ1n) is 6.45. The first-order valence-corrected chi connectivity index (χ1v) is 7.81. The third-order valence-electron chi connectivity index (χ3n) is 3.08. The number of imidazole rings is 1. The minimum Gasteiger partial charge on any atom is -0.490 e. The van der Waals surface area contributed by atoms with Crippen LogP contribution in [0.3, 0.4) is 0 Å². The van der Waals surface area contributed by atoms with Gasteiger partial charge in [-0.2, -0.15) is 4.98 Å². The summed E-state index contributed by atoms with van der Waals surface area (Å²) in [5.41, 5.74) is 1.93. The van der Waals surface area contributed by atoms with E-state index in [0.29, 0.717) is 27.2 Å². The molecule has 2 N–H and O–H groups in total.